The molecule has 0 bridgehead atoms. The van der Waals surface area contributed by atoms with Crippen LogP contribution in [0.3, 0.4) is 0 Å². The number of rotatable bonds is 0. The maximum Gasteiger partial charge on any atom is 0.133 e. The van der Waals surface area contributed by atoms with E-state index in [1.54, 1.807) is 0 Å². The van der Waals surface area contributed by atoms with Crippen LogP contribution in [0.25, 0.3) is 0 Å². The minimum absolute atomic E-state index is 0.266. The Balaban J connectivity index is 2.44. The molecule has 4 N–H and O–H groups in total. The summed E-state index contributed by atoms with van der Waals surface area (Å²) in [7, 11) is 0. The first-order valence-electron chi connectivity index (χ1n) is 2.49. The van der Waals surface area contributed by atoms with E-state index < -0.39 is 18.4 Å². The Morgan fingerprint density at radius 2 is 1.88 bits per heavy atom. The van der Waals surface area contributed by atoms with Crippen molar-refractivity contribution in [2.75, 3.05) is 6.54 Å². The molecule has 4 heteroatoms. The molecule has 0 radical (unpaired) electrons. The van der Waals surface area contributed by atoms with Crippen LogP contribution in [0.1, 0.15) is 0 Å². The maximum atomic E-state index is 8.70. The highest BCUT2D eigenvalue weighted by Gasteiger charge is 2.30. The number of aliphatic hydroxyl groups is 3. The van der Waals surface area contributed by atoms with Crippen LogP contribution in [-0.4, -0.2) is 40.3 Å². The third-order valence-corrected chi connectivity index (χ3v) is 1.25. The van der Waals surface area contributed by atoms with Gasteiger partial charge in [0.1, 0.15) is 12.3 Å². The number of hydrogen-bond donors (Lipinski definition) is 4. The molecule has 1 heterocycles. The van der Waals surface area contributed by atoms with E-state index in [9.17, 15) is 0 Å². The molecule has 48 valence electrons. The highest BCUT2D eigenvalue weighted by Crippen LogP contribution is 2.03. The Labute approximate surface area is 46.8 Å². The second kappa shape index (κ2) is 1.99. The summed E-state index contributed by atoms with van der Waals surface area (Å²) in [5.74, 6) is 0. The monoisotopic (exact) mass is 119 g/mol. The molecule has 0 aromatic rings. The fourth-order valence-corrected chi connectivity index (χ4v) is 0.693. The topological polar surface area (TPSA) is 72.7 Å². The Bertz CT molecular complexity index is 77.4. The molecule has 0 amide bonds. The summed E-state index contributed by atoms with van der Waals surface area (Å²) in [4.78, 5) is 0. The predicted molar refractivity (Wildman–Crippen MR) is 26.0 cm³/mol. The van der Waals surface area contributed by atoms with Crippen molar-refractivity contribution in [3.05, 3.63) is 0 Å². The van der Waals surface area contributed by atoms with Crippen molar-refractivity contribution < 1.29 is 15.3 Å². The number of β-amino-alcohol motifs (C(OH)–C–C–N with tert-alkyl or cyclic N) is 1. The van der Waals surface area contributed by atoms with Crippen LogP contribution in [0, 0.1) is 0 Å². The summed E-state index contributed by atoms with van der Waals surface area (Å²) in [6.45, 7) is 0.266. The van der Waals surface area contributed by atoms with Crippen molar-refractivity contribution in [1.29, 1.82) is 0 Å². The van der Waals surface area contributed by atoms with Crippen LogP contribution in [-0.2, 0) is 0 Å². The van der Waals surface area contributed by atoms with Crippen LogP contribution in [0.15, 0.2) is 0 Å². The van der Waals surface area contributed by atoms with Gasteiger partial charge in [-0.25, -0.2) is 0 Å². The smallest absolute Gasteiger partial charge is 0.133 e. The average molecular weight is 119 g/mol. The second-order valence-electron chi connectivity index (χ2n) is 1.91. The second-order valence-corrected chi connectivity index (χ2v) is 1.91. The van der Waals surface area contributed by atoms with E-state index >= 15 is 0 Å². The summed E-state index contributed by atoms with van der Waals surface area (Å²) >= 11 is 0. The van der Waals surface area contributed by atoms with E-state index in [0.717, 1.165) is 0 Å². The third kappa shape index (κ3) is 0.830. The van der Waals surface area contributed by atoms with Gasteiger partial charge in [-0.15, -0.1) is 0 Å². The Hall–Kier alpha value is -0.160. The van der Waals surface area contributed by atoms with Gasteiger partial charge in [0, 0.05) is 6.54 Å². The first-order valence-corrected chi connectivity index (χ1v) is 2.49. The van der Waals surface area contributed by atoms with Crippen molar-refractivity contribution in [2.24, 2.45) is 0 Å². The van der Waals surface area contributed by atoms with Gasteiger partial charge >= 0.3 is 0 Å². The number of aliphatic hydroxyl groups excluding tert-OH is 3. The summed E-state index contributed by atoms with van der Waals surface area (Å²) in [5.41, 5.74) is 0. The van der Waals surface area contributed by atoms with Gasteiger partial charge in [0.15, 0.2) is 0 Å². The van der Waals surface area contributed by atoms with E-state index in [1.165, 1.54) is 0 Å². The van der Waals surface area contributed by atoms with Crippen LogP contribution >= 0.6 is 0 Å². The van der Waals surface area contributed by atoms with Crippen molar-refractivity contribution in [3.8, 4) is 0 Å². The van der Waals surface area contributed by atoms with Gasteiger partial charge in [-0.1, -0.05) is 0 Å². The highest BCUT2D eigenvalue weighted by molar-refractivity contribution is 4.82. The molecule has 0 aromatic carbocycles. The van der Waals surface area contributed by atoms with Gasteiger partial charge < -0.3 is 15.3 Å². The lowest BCUT2D eigenvalue weighted by molar-refractivity contribution is -0.0208. The molecule has 3 atom stereocenters. The summed E-state index contributed by atoms with van der Waals surface area (Å²) in [5, 5.41) is 28.5. The number of hydrogen-bond acceptors (Lipinski definition) is 4. The normalized spacial score (nSPS) is 47.6. The maximum absolute atomic E-state index is 8.70. The quantitative estimate of drug-likeness (QED) is 0.287. The fraction of sp³-hybridized carbons (Fsp3) is 1.00. The molecule has 1 unspecified atom stereocenters. The zero-order valence-electron chi connectivity index (χ0n) is 4.28. The highest BCUT2D eigenvalue weighted by atomic mass is 16.4. The Morgan fingerprint density at radius 1 is 1.25 bits per heavy atom. The lowest BCUT2D eigenvalue weighted by Crippen LogP contribution is -2.32. The van der Waals surface area contributed by atoms with Crippen molar-refractivity contribution in [2.45, 2.75) is 18.4 Å². The van der Waals surface area contributed by atoms with E-state index in [-0.39, 0.29) is 6.54 Å². The van der Waals surface area contributed by atoms with Gasteiger partial charge in [0.2, 0.25) is 0 Å². The van der Waals surface area contributed by atoms with Crippen LogP contribution in [0.5, 0.6) is 0 Å². The minimum atomic E-state index is -1.02. The summed E-state index contributed by atoms with van der Waals surface area (Å²) in [6, 6.07) is 0. The van der Waals surface area contributed by atoms with Gasteiger partial charge in [0.25, 0.3) is 0 Å². The van der Waals surface area contributed by atoms with Crippen LogP contribution in [0.2, 0.25) is 0 Å². The Morgan fingerprint density at radius 3 is 2.00 bits per heavy atom. The van der Waals surface area contributed by atoms with E-state index in [2.05, 4.69) is 5.32 Å². The molecule has 1 aliphatic rings. The molecule has 1 rings (SSSR count). The zero-order valence-corrected chi connectivity index (χ0v) is 4.28. The fourth-order valence-electron chi connectivity index (χ4n) is 0.693. The van der Waals surface area contributed by atoms with E-state index in [4.69, 9.17) is 15.3 Å². The molecule has 1 saturated heterocycles. The van der Waals surface area contributed by atoms with Crippen molar-refractivity contribution >= 4 is 0 Å². The molecule has 0 aromatic heterocycles. The Kier molecular flexibility index (Phi) is 1.48. The lowest BCUT2D eigenvalue weighted by Gasteiger charge is -2.07. The molecular formula is C4H9NO3. The zero-order chi connectivity index (χ0) is 6.15. The molecule has 8 heavy (non-hydrogen) atoms. The van der Waals surface area contributed by atoms with E-state index in [1.807, 2.05) is 0 Å². The SMILES string of the molecule is OC1NC[C@H](O)[C@@H]1O. The molecular weight excluding hydrogens is 110 g/mol. The van der Waals surface area contributed by atoms with Crippen molar-refractivity contribution in [1.82, 2.24) is 5.32 Å². The molecule has 4 nitrogen and oxygen atoms in total. The first kappa shape index (κ1) is 5.97. The van der Waals surface area contributed by atoms with Gasteiger partial charge in [-0.05, 0) is 0 Å². The molecule has 0 spiro atoms. The van der Waals surface area contributed by atoms with Crippen molar-refractivity contribution in [3.63, 3.8) is 0 Å². The molecule has 1 aliphatic heterocycles. The molecule has 0 aliphatic carbocycles. The van der Waals surface area contributed by atoms with Crippen LogP contribution < -0.4 is 5.32 Å². The van der Waals surface area contributed by atoms with Crippen LogP contribution in [0.4, 0.5) is 0 Å². The first-order chi connectivity index (χ1) is 3.72. The standard InChI is InChI=1S/C4H9NO3/c6-2-1-5-4(8)3(2)7/h2-8H,1H2/t2-,3-,4?/m0/s1. The average Bonchev–Trinajstić information content (AvgIpc) is 1.98. The van der Waals surface area contributed by atoms with E-state index in [0.29, 0.717) is 0 Å². The lowest BCUT2D eigenvalue weighted by atomic mass is 10.2. The van der Waals surface area contributed by atoms with Gasteiger partial charge in [-0.3, -0.25) is 5.32 Å². The van der Waals surface area contributed by atoms with Gasteiger partial charge in [-0.2, -0.15) is 0 Å². The summed E-state index contributed by atoms with van der Waals surface area (Å²) in [6.07, 6.45) is -2.79. The number of nitrogens with one attached hydrogen (secondary N) is 1. The largest absolute Gasteiger partial charge is 0.389 e. The molecule has 1 fully saturated rings. The minimum Gasteiger partial charge on any atom is -0.389 e. The molecule has 0 saturated carbocycles. The summed E-state index contributed by atoms with van der Waals surface area (Å²) < 4.78 is 0. The third-order valence-electron chi connectivity index (χ3n) is 1.25. The van der Waals surface area contributed by atoms with Gasteiger partial charge in [0.05, 0.1) is 6.10 Å². The predicted octanol–water partition coefficient (Wildman–Crippen LogP) is -2.37.